The molecule has 1 atom stereocenters. The lowest BCUT2D eigenvalue weighted by Gasteiger charge is -2.35. The van der Waals surface area contributed by atoms with E-state index in [0.29, 0.717) is 5.92 Å². The summed E-state index contributed by atoms with van der Waals surface area (Å²) in [6.07, 6.45) is 6.55. The second-order valence-electron chi connectivity index (χ2n) is 7.10. The fourth-order valence-electron chi connectivity index (χ4n) is 3.43. The van der Waals surface area contributed by atoms with Crippen molar-refractivity contribution in [3.63, 3.8) is 0 Å². The van der Waals surface area contributed by atoms with Crippen molar-refractivity contribution in [1.29, 1.82) is 0 Å². The number of anilines is 1. The second kappa shape index (κ2) is 10.00. The molecule has 1 aliphatic rings. The minimum absolute atomic E-state index is 0.561. The van der Waals surface area contributed by atoms with E-state index < -0.39 is 0 Å². The average Bonchev–Trinajstić information content (AvgIpc) is 2.59. The molecule has 0 spiro atoms. The van der Waals surface area contributed by atoms with Crippen LogP contribution >= 0.6 is 12.2 Å². The molecule has 2 rings (SSSR count). The highest BCUT2D eigenvalue weighted by Crippen LogP contribution is 2.19. The minimum atomic E-state index is 0.561. The Balaban J connectivity index is 1.66. The highest BCUT2D eigenvalue weighted by Gasteiger charge is 2.19. The van der Waals surface area contributed by atoms with Crippen molar-refractivity contribution in [2.75, 3.05) is 25.0 Å². The number of benzene rings is 1. The van der Waals surface area contributed by atoms with E-state index in [4.69, 9.17) is 12.2 Å². The monoisotopic (exact) mass is 347 g/mol. The third-order valence-electron chi connectivity index (χ3n) is 4.96. The second-order valence-corrected chi connectivity index (χ2v) is 7.51. The molecule has 1 heterocycles. The zero-order valence-electron chi connectivity index (χ0n) is 15.5. The summed E-state index contributed by atoms with van der Waals surface area (Å²) in [4.78, 5) is 2.66. The third kappa shape index (κ3) is 6.06. The van der Waals surface area contributed by atoms with Crippen molar-refractivity contribution in [3.8, 4) is 0 Å². The highest BCUT2D eigenvalue weighted by atomic mass is 32.1. The average molecular weight is 348 g/mol. The topological polar surface area (TPSA) is 27.3 Å². The maximum Gasteiger partial charge on any atom is 0.170 e. The minimum Gasteiger partial charge on any atom is -0.362 e. The van der Waals surface area contributed by atoms with Crippen LogP contribution in [0.15, 0.2) is 24.3 Å². The van der Waals surface area contributed by atoms with Gasteiger partial charge in [-0.05, 0) is 68.1 Å². The molecule has 0 unspecified atom stereocenters. The Bertz CT molecular complexity index is 498. The van der Waals surface area contributed by atoms with Crippen LogP contribution in [0.3, 0.4) is 0 Å². The predicted molar refractivity (Wildman–Crippen MR) is 109 cm³/mol. The van der Waals surface area contributed by atoms with Gasteiger partial charge in [0.1, 0.15) is 0 Å². The zero-order valence-corrected chi connectivity index (χ0v) is 16.3. The predicted octanol–water partition coefficient (Wildman–Crippen LogP) is 4.75. The zero-order chi connectivity index (χ0) is 17.4. The summed E-state index contributed by atoms with van der Waals surface area (Å²) in [6, 6.07) is 9.32. The molecule has 24 heavy (non-hydrogen) atoms. The van der Waals surface area contributed by atoms with Gasteiger partial charge in [-0.25, -0.2) is 0 Å². The van der Waals surface area contributed by atoms with Crippen LogP contribution in [0, 0.1) is 0 Å². The SMILES string of the molecule is CC[C@@H]1CCCCN1CCCNC(=S)Nc1ccc(C(C)C)cc1. The maximum atomic E-state index is 5.40. The van der Waals surface area contributed by atoms with Crippen LogP contribution in [0.2, 0.25) is 0 Å². The first-order valence-corrected chi connectivity index (χ1v) is 9.89. The van der Waals surface area contributed by atoms with Crippen molar-refractivity contribution in [2.24, 2.45) is 0 Å². The molecule has 0 radical (unpaired) electrons. The van der Waals surface area contributed by atoms with Crippen LogP contribution in [-0.2, 0) is 0 Å². The lowest BCUT2D eigenvalue weighted by molar-refractivity contribution is 0.143. The van der Waals surface area contributed by atoms with Gasteiger partial charge in [-0.15, -0.1) is 0 Å². The summed E-state index contributed by atoms with van der Waals surface area (Å²) >= 11 is 5.40. The van der Waals surface area contributed by atoms with Crippen molar-refractivity contribution >= 4 is 23.0 Å². The Labute approximate surface area is 153 Å². The van der Waals surface area contributed by atoms with E-state index in [2.05, 4.69) is 60.6 Å². The van der Waals surface area contributed by atoms with Gasteiger partial charge in [0.25, 0.3) is 0 Å². The third-order valence-corrected chi connectivity index (χ3v) is 5.21. The van der Waals surface area contributed by atoms with E-state index in [1.165, 1.54) is 44.3 Å². The number of nitrogens with zero attached hydrogens (tertiary/aromatic N) is 1. The summed E-state index contributed by atoms with van der Waals surface area (Å²) in [5.41, 5.74) is 2.41. The van der Waals surface area contributed by atoms with Gasteiger partial charge < -0.3 is 15.5 Å². The van der Waals surface area contributed by atoms with E-state index in [1.807, 2.05) is 0 Å². The number of rotatable bonds is 7. The first-order chi connectivity index (χ1) is 11.6. The highest BCUT2D eigenvalue weighted by molar-refractivity contribution is 7.80. The molecule has 1 aliphatic heterocycles. The molecule has 134 valence electrons. The van der Waals surface area contributed by atoms with Crippen molar-refractivity contribution in [3.05, 3.63) is 29.8 Å². The van der Waals surface area contributed by atoms with E-state index in [9.17, 15) is 0 Å². The number of thiocarbonyl (C=S) groups is 1. The number of hydrogen-bond acceptors (Lipinski definition) is 2. The number of likely N-dealkylation sites (tertiary alicyclic amines) is 1. The molecular weight excluding hydrogens is 314 g/mol. The molecule has 0 amide bonds. The van der Waals surface area contributed by atoms with Gasteiger partial charge in [-0.1, -0.05) is 39.3 Å². The van der Waals surface area contributed by atoms with Crippen LogP contribution in [0.1, 0.15) is 64.4 Å². The molecular formula is C20H33N3S. The normalized spacial score (nSPS) is 18.6. The lowest BCUT2D eigenvalue weighted by atomic mass is 10.00. The standard InChI is InChI=1S/C20H33N3S/c1-4-19-8-5-6-14-23(19)15-7-13-21-20(24)22-18-11-9-17(10-12-18)16(2)3/h9-12,16,19H,4-8,13-15H2,1-3H3,(H2,21,22,24)/t19-/m1/s1. The van der Waals surface area contributed by atoms with Gasteiger partial charge >= 0.3 is 0 Å². The van der Waals surface area contributed by atoms with E-state index in [0.717, 1.165) is 29.8 Å². The Morgan fingerprint density at radius 1 is 1.25 bits per heavy atom. The summed E-state index contributed by atoms with van der Waals surface area (Å²) in [6.45, 7) is 10.1. The first kappa shape index (κ1) is 19.2. The Morgan fingerprint density at radius 2 is 2.00 bits per heavy atom. The number of hydrogen-bond donors (Lipinski definition) is 2. The molecule has 0 aliphatic carbocycles. The molecule has 0 aromatic heterocycles. The Kier molecular flexibility index (Phi) is 8.00. The van der Waals surface area contributed by atoms with E-state index in [1.54, 1.807) is 0 Å². The smallest absolute Gasteiger partial charge is 0.170 e. The molecule has 1 aromatic rings. The molecule has 4 heteroatoms. The molecule has 1 saturated heterocycles. The molecule has 1 aromatic carbocycles. The summed E-state index contributed by atoms with van der Waals surface area (Å²) in [5.74, 6) is 0.561. The quantitative estimate of drug-likeness (QED) is 0.550. The maximum absolute atomic E-state index is 5.40. The molecule has 3 nitrogen and oxygen atoms in total. The van der Waals surface area contributed by atoms with Crippen molar-refractivity contribution in [2.45, 2.75) is 64.8 Å². The van der Waals surface area contributed by atoms with Crippen LogP contribution in [0.25, 0.3) is 0 Å². The van der Waals surface area contributed by atoms with Crippen LogP contribution < -0.4 is 10.6 Å². The summed E-state index contributed by atoms with van der Waals surface area (Å²) in [5, 5.41) is 7.33. The molecule has 2 N–H and O–H groups in total. The fourth-order valence-corrected chi connectivity index (χ4v) is 3.65. The lowest BCUT2D eigenvalue weighted by Crippen LogP contribution is -2.40. The fraction of sp³-hybridized carbons (Fsp3) is 0.650. The number of piperidine rings is 1. The van der Waals surface area contributed by atoms with Gasteiger partial charge in [0.15, 0.2) is 5.11 Å². The van der Waals surface area contributed by atoms with Crippen molar-refractivity contribution in [1.82, 2.24) is 10.2 Å². The van der Waals surface area contributed by atoms with Gasteiger partial charge in [-0.3, -0.25) is 0 Å². The summed E-state index contributed by atoms with van der Waals surface area (Å²) < 4.78 is 0. The van der Waals surface area contributed by atoms with Gasteiger partial charge in [0.2, 0.25) is 0 Å². The summed E-state index contributed by atoms with van der Waals surface area (Å²) in [7, 11) is 0. The largest absolute Gasteiger partial charge is 0.362 e. The molecule has 1 fully saturated rings. The van der Waals surface area contributed by atoms with Crippen LogP contribution in [-0.4, -0.2) is 35.7 Å². The number of nitrogens with one attached hydrogen (secondary N) is 2. The Morgan fingerprint density at radius 3 is 2.67 bits per heavy atom. The first-order valence-electron chi connectivity index (χ1n) is 9.49. The van der Waals surface area contributed by atoms with Crippen LogP contribution in [0.4, 0.5) is 5.69 Å². The van der Waals surface area contributed by atoms with Gasteiger partial charge in [0, 0.05) is 24.8 Å². The van der Waals surface area contributed by atoms with Crippen LogP contribution in [0.5, 0.6) is 0 Å². The van der Waals surface area contributed by atoms with Gasteiger partial charge in [-0.2, -0.15) is 0 Å². The molecule has 0 bridgehead atoms. The Hall–Kier alpha value is -1.13. The molecule has 0 saturated carbocycles. The van der Waals surface area contributed by atoms with E-state index >= 15 is 0 Å². The van der Waals surface area contributed by atoms with Gasteiger partial charge in [0.05, 0.1) is 0 Å². The van der Waals surface area contributed by atoms with E-state index in [-0.39, 0.29) is 0 Å². The van der Waals surface area contributed by atoms with Crippen molar-refractivity contribution < 1.29 is 0 Å².